The molecule has 25 heavy (non-hydrogen) atoms. The van der Waals surface area contributed by atoms with Gasteiger partial charge in [-0.3, -0.25) is 14.4 Å². The summed E-state index contributed by atoms with van der Waals surface area (Å²) in [5.74, 6) is 0.659. The van der Waals surface area contributed by atoms with E-state index in [1.54, 1.807) is 10.8 Å². The number of aryl methyl sites for hydroxylation is 1. The zero-order valence-electron chi connectivity index (χ0n) is 15.1. The Bertz CT molecular complexity index is 802. The number of benzene rings is 1. The molecule has 0 aliphatic heterocycles. The zero-order chi connectivity index (χ0) is 17.6. The lowest BCUT2D eigenvalue weighted by molar-refractivity contribution is 0.0831. The highest BCUT2D eigenvalue weighted by atomic mass is 16.5. The Balaban J connectivity index is 1.76. The molecule has 1 aliphatic rings. The molecule has 0 unspecified atom stereocenters. The van der Waals surface area contributed by atoms with Gasteiger partial charge in [0.15, 0.2) is 6.61 Å². The van der Waals surface area contributed by atoms with Gasteiger partial charge in [0.25, 0.3) is 5.91 Å². The van der Waals surface area contributed by atoms with Gasteiger partial charge in [-0.15, -0.1) is 0 Å². The molecule has 0 spiro atoms. The molecule has 4 nitrogen and oxygen atoms in total. The molecule has 1 heterocycles. The average molecular weight is 338 g/mol. The number of aromatic nitrogens is 1. The maximum absolute atomic E-state index is 12.7. The summed E-state index contributed by atoms with van der Waals surface area (Å²) < 4.78 is 7.38. The number of pyridine rings is 1. The summed E-state index contributed by atoms with van der Waals surface area (Å²) in [4.78, 5) is 17.5. The van der Waals surface area contributed by atoms with E-state index in [0.717, 1.165) is 35.2 Å². The molecular weight excluding hydrogens is 312 g/mol. The molecule has 0 saturated heterocycles. The second-order valence-corrected chi connectivity index (χ2v) is 6.73. The molecule has 0 radical (unpaired) electrons. The maximum Gasteiger partial charge on any atom is 0.270 e. The number of nitrogens with zero attached hydrogens (tertiary/aromatic N) is 2. The van der Waals surface area contributed by atoms with Crippen molar-refractivity contribution >= 4 is 5.91 Å². The molecule has 1 saturated carbocycles. The third kappa shape index (κ3) is 4.38. The first-order chi connectivity index (χ1) is 12.1. The fourth-order valence-corrected chi connectivity index (χ4v) is 3.24. The van der Waals surface area contributed by atoms with Crippen LogP contribution in [0.5, 0.6) is 5.75 Å². The van der Waals surface area contributed by atoms with E-state index in [1.165, 1.54) is 19.3 Å². The number of rotatable bonds is 4. The highest BCUT2D eigenvalue weighted by Crippen LogP contribution is 2.21. The van der Waals surface area contributed by atoms with Crippen LogP contribution in [0.1, 0.15) is 48.0 Å². The van der Waals surface area contributed by atoms with E-state index in [2.05, 4.69) is 0 Å². The fraction of sp³-hybridized carbons (Fsp3) is 0.429. The zero-order valence-corrected chi connectivity index (χ0v) is 15.1. The predicted octanol–water partition coefficient (Wildman–Crippen LogP) is 4.06. The molecule has 1 fully saturated rings. The van der Waals surface area contributed by atoms with Crippen molar-refractivity contribution in [3.8, 4) is 5.75 Å². The Morgan fingerprint density at radius 2 is 1.92 bits per heavy atom. The quantitative estimate of drug-likeness (QED) is 0.844. The van der Waals surface area contributed by atoms with Gasteiger partial charge in [-0.2, -0.15) is 0 Å². The summed E-state index contributed by atoms with van der Waals surface area (Å²) >= 11 is 0. The molecule has 4 heteroatoms. The van der Waals surface area contributed by atoms with Gasteiger partial charge in [0, 0.05) is 6.20 Å². The van der Waals surface area contributed by atoms with Crippen molar-refractivity contribution in [2.24, 2.45) is 4.99 Å². The van der Waals surface area contributed by atoms with Crippen LogP contribution in [0.25, 0.3) is 0 Å². The molecule has 3 rings (SSSR count). The van der Waals surface area contributed by atoms with E-state index < -0.39 is 0 Å². The van der Waals surface area contributed by atoms with Gasteiger partial charge >= 0.3 is 0 Å². The van der Waals surface area contributed by atoms with Gasteiger partial charge < -0.3 is 4.74 Å². The lowest BCUT2D eigenvalue weighted by atomic mass is 9.96. The van der Waals surface area contributed by atoms with Crippen LogP contribution < -0.4 is 10.2 Å². The first-order valence-corrected chi connectivity index (χ1v) is 9.09. The Morgan fingerprint density at radius 1 is 1.12 bits per heavy atom. The minimum absolute atomic E-state index is 0.00611. The molecular formula is C21H26N2O2. The van der Waals surface area contributed by atoms with Crippen LogP contribution in [-0.4, -0.2) is 23.1 Å². The Hall–Kier alpha value is -2.36. The largest absolute Gasteiger partial charge is 0.483 e. The smallest absolute Gasteiger partial charge is 0.270 e. The molecule has 0 atom stereocenters. The molecule has 0 amide bonds. The standard InChI is InChI=1S/C21H26N2O2/c1-16-9-8-12-19(17(16)2)25-15-21(24)23-14-7-6-13-20(23)22-18-10-4-3-5-11-18/h6-9,12-14,18H,3-5,10-11,15H2,1-2H3. The van der Waals surface area contributed by atoms with Crippen molar-refractivity contribution in [2.45, 2.75) is 52.0 Å². The van der Waals surface area contributed by atoms with Crippen molar-refractivity contribution in [3.05, 3.63) is 59.2 Å². The molecule has 1 aromatic carbocycles. The van der Waals surface area contributed by atoms with Gasteiger partial charge in [-0.05, 0) is 56.0 Å². The lowest BCUT2D eigenvalue weighted by Crippen LogP contribution is -2.32. The minimum atomic E-state index is -0.101. The summed E-state index contributed by atoms with van der Waals surface area (Å²) in [5.41, 5.74) is 2.95. The first-order valence-electron chi connectivity index (χ1n) is 9.09. The van der Waals surface area contributed by atoms with E-state index in [-0.39, 0.29) is 12.5 Å². The second-order valence-electron chi connectivity index (χ2n) is 6.73. The SMILES string of the molecule is Cc1cccc(OCC(=O)n2ccccc2=NC2CCCCC2)c1C. The monoisotopic (exact) mass is 338 g/mol. The third-order valence-electron chi connectivity index (χ3n) is 4.90. The van der Waals surface area contributed by atoms with Crippen molar-refractivity contribution < 1.29 is 9.53 Å². The summed E-state index contributed by atoms with van der Waals surface area (Å²) in [6.45, 7) is 4.05. The molecule has 132 valence electrons. The van der Waals surface area contributed by atoms with Crippen LogP contribution in [0.4, 0.5) is 0 Å². The van der Waals surface area contributed by atoms with E-state index in [1.807, 2.05) is 50.2 Å². The molecule has 2 aromatic rings. The molecule has 1 aromatic heterocycles. The first kappa shape index (κ1) is 17.5. The summed E-state index contributed by atoms with van der Waals surface area (Å²) in [6.07, 6.45) is 7.75. The number of carbonyl (C=O) groups excluding carboxylic acids is 1. The van der Waals surface area contributed by atoms with Crippen LogP contribution in [0, 0.1) is 13.8 Å². The van der Waals surface area contributed by atoms with Crippen molar-refractivity contribution in [1.29, 1.82) is 0 Å². The summed E-state index contributed by atoms with van der Waals surface area (Å²) in [5, 5.41) is 0. The van der Waals surface area contributed by atoms with E-state index >= 15 is 0 Å². The molecule has 0 N–H and O–H groups in total. The highest BCUT2D eigenvalue weighted by Gasteiger charge is 2.13. The van der Waals surface area contributed by atoms with Gasteiger partial charge in [-0.25, -0.2) is 0 Å². The van der Waals surface area contributed by atoms with Crippen LogP contribution in [0.15, 0.2) is 47.6 Å². The Labute approximate surface area is 149 Å². The summed E-state index contributed by atoms with van der Waals surface area (Å²) in [6, 6.07) is 11.9. The van der Waals surface area contributed by atoms with E-state index in [9.17, 15) is 4.79 Å². The number of ether oxygens (including phenoxy) is 1. The maximum atomic E-state index is 12.7. The van der Waals surface area contributed by atoms with Crippen molar-refractivity contribution in [2.75, 3.05) is 6.61 Å². The van der Waals surface area contributed by atoms with Crippen molar-refractivity contribution in [3.63, 3.8) is 0 Å². The molecule has 0 bridgehead atoms. The van der Waals surface area contributed by atoms with Crippen LogP contribution in [0.2, 0.25) is 0 Å². The average Bonchev–Trinajstić information content (AvgIpc) is 2.64. The van der Waals surface area contributed by atoms with Crippen LogP contribution in [-0.2, 0) is 0 Å². The number of hydrogen-bond acceptors (Lipinski definition) is 3. The molecule has 1 aliphatic carbocycles. The second kappa shape index (κ2) is 8.15. The normalized spacial score (nSPS) is 16.0. The Morgan fingerprint density at radius 3 is 2.72 bits per heavy atom. The lowest BCUT2D eigenvalue weighted by Gasteiger charge is -2.18. The van der Waals surface area contributed by atoms with E-state index in [4.69, 9.17) is 9.73 Å². The fourth-order valence-electron chi connectivity index (χ4n) is 3.24. The van der Waals surface area contributed by atoms with Gasteiger partial charge in [-0.1, -0.05) is 37.5 Å². The summed E-state index contributed by atoms with van der Waals surface area (Å²) in [7, 11) is 0. The highest BCUT2D eigenvalue weighted by molar-refractivity contribution is 5.80. The minimum Gasteiger partial charge on any atom is -0.483 e. The van der Waals surface area contributed by atoms with Crippen LogP contribution in [0.3, 0.4) is 0 Å². The topological polar surface area (TPSA) is 43.6 Å². The third-order valence-corrected chi connectivity index (χ3v) is 4.90. The number of hydrogen-bond donors (Lipinski definition) is 0. The number of carbonyl (C=O) groups is 1. The van der Waals surface area contributed by atoms with Gasteiger partial charge in [0.1, 0.15) is 11.2 Å². The van der Waals surface area contributed by atoms with Gasteiger partial charge in [0.2, 0.25) is 0 Å². The predicted molar refractivity (Wildman–Crippen MR) is 98.9 cm³/mol. The van der Waals surface area contributed by atoms with Crippen molar-refractivity contribution in [1.82, 2.24) is 4.57 Å². The van der Waals surface area contributed by atoms with Gasteiger partial charge in [0.05, 0.1) is 6.04 Å². The van der Waals surface area contributed by atoms with E-state index in [0.29, 0.717) is 6.04 Å². The van der Waals surface area contributed by atoms with Crippen LogP contribution >= 0.6 is 0 Å². The Kier molecular flexibility index (Phi) is 5.69.